The molecule has 2 N–H and O–H groups in total. The van der Waals surface area contributed by atoms with E-state index in [1.54, 1.807) is 6.20 Å². The average Bonchev–Trinajstić information content (AvgIpc) is 2.36. The molecule has 1 heterocycles. The van der Waals surface area contributed by atoms with Gasteiger partial charge in [0.2, 0.25) is 0 Å². The van der Waals surface area contributed by atoms with Crippen LogP contribution in [0.5, 0.6) is 0 Å². The molecule has 0 spiro atoms. The summed E-state index contributed by atoms with van der Waals surface area (Å²) in [6, 6.07) is 8.12. The molecular weight excluding hydrogens is 214 g/mol. The van der Waals surface area contributed by atoms with E-state index in [1.807, 2.05) is 31.2 Å². The molecule has 1 atom stereocenters. The van der Waals surface area contributed by atoms with Gasteiger partial charge in [-0.2, -0.15) is 0 Å². The number of rotatable bonds is 5. The summed E-state index contributed by atoms with van der Waals surface area (Å²) in [6.45, 7) is 2.93. The summed E-state index contributed by atoms with van der Waals surface area (Å²) in [5.74, 6) is 0. The lowest BCUT2D eigenvalue weighted by Gasteiger charge is -2.11. The number of hydrogen-bond acceptors (Lipinski definition) is 4. The van der Waals surface area contributed by atoms with Crippen LogP contribution in [0.15, 0.2) is 30.5 Å². The molecule has 4 heteroatoms. The van der Waals surface area contributed by atoms with Crippen LogP contribution in [0.3, 0.4) is 0 Å². The highest BCUT2D eigenvalue weighted by Gasteiger charge is 2.02. The summed E-state index contributed by atoms with van der Waals surface area (Å²) >= 11 is 0. The van der Waals surface area contributed by atoms with Crippen LogP contribution in [0.4, 0.5) is 0 Å². The van der Waals surface area contributed by atoms with E-state index in [9.17, 15) is 0 Å². The predicted molar refractivity (Wildman–Crippen MR) is 67.5 cm³/mol. The molecule has 0 aliphatic rings. The minimum Gasteiger partial charge on any atom is -0.396 e. The third kappa shape index (κ3) is 3.22. The topological polar surface area (TPSA) is 58.0 Å². The Hall–Kier alpha value is -1.52. The van der Waals surface area contributed by atoms with E-state index in [0.717, 1.165) is 23.1 Å². The van der Waals surface area contributed by atoms with Gasteiger partial charge in [-0.15, -0.1) is 0 Å². The summed E-state index contributed by atoms with van der Waals surface area (Å²) in [5, 5.41) is 12.1. The van der Waals surface area contributed by atoms with Crippen molar-refractivity contribution in [1.29, 1.82) is 0 Å². The molecule has 17 heavy (non-hydrogen) atoms. The van der Waals surface area contributed by atoms with Crippen LogP contribution in [-0.2, 0) is 6.54 Å². The van der Waals surface area contributed by atoms with Gasteiger partial charge < -0.3 is 10.4 Å². The van der Waals surface area contributed by atoms with Crippen LogP contribution in [0.1, 0.15) is 19.0 Å². The fourth-order valence-electron chi connectivity index (χ4n) is 1.66. The Balaban J connectivity index is 2.04. The van der Waals surface area contributed by atoms with Crippen LogP contribution in [0.25, 0.3) is 11.0 Å². The number of fused-ring (bicyclic) bond motifs is 1. The number of aromatic nitrogens is 2. The van der Waals surface area contributed by atoms with Crippen molar-refractivity contribution in [2.45, 2.75) is 25.9 Å². The van der Waals surface area contributed by atoms with Gasteiger partial charge >= 0.3 is 0 Å². The molecule has 2 aromatic rings. The van der Waals surface area contributed by atoms with Crippen molar-refractivity contribution in [2.24, 2.45) is 0 Å². The number of nitrogens with zero attached hydrogens (tertiary/aromatic N) is 2. The Labute approximate surface area is 101 Å². The standard InChI is InChI=1S/C13H17N3O/c1-10(6-7-17)14-8-11-9-15-12-4-2-3-5-13(12)16-11/h2-5,9-10,14,17H,6-8H2,1H3. The van der Waals surface area contributed by atoms with Crippen LogP contribution in [0, 0.1) is 0 Å². The Kier molecular flexibility index (Phi) is 4.01. The van der Waals surface area contributed by atoms with E-state index in [-0.39, 0.29) is 12.6 Å². The lowest BCUT2D eigenvalue weighted by atomic mass is 10.2. The van der Waals surface area contributed by atoms with E-state index in [2.05, 4.69) is 15.3 Å². The molecule has 1 aromatic carbocycles. The highest BCUT2D eigenvalue weighted by atomic mass is 16.3. The van der Waals surface area contributed by atoms with E-state index in [0.29, 0.717) is 6.54 Å². The SMILES string of the molecule is CC(CCO)NCc1cnc2ccccc2n1. The first-order valence-corrected chi connectivity index (χ1v) is 5.84. The zero-order valence-electron chi connectivity index (χ0n) is 9.93. The number of nitrogens with one attached hydrogen (secondary N) is 1. The van der Waals surface area contributed by atoms with E-state index in [1.165, 1.54) is 0 Å². The second-order valence-electron chi connectivity index (χ2n) is 4.14. The fraction of sp³-hybridized carbons (Fsp3) is 0.385. The maximum atomic E-state index is 8.81. The molecule has 0 fully saturated rings. The van der Waals surface area contributed by atoms with E-state index in [4.69, 9.17) is 5.11 Å². The molecule has 0 bridgehead atoms. The summed E-state index contributed by atoms with van der Waals surface area (Å²) in [4.78, 5) is 8.87. The normalized spacial score (nSPS) is 12.8. The highest BCUT2D eigenvalue weighted by Crippen LogP contribution is 2.08. The van der Waals surface area contributed by atoms with Gasteiger partial charge in [0, 0.05) is 19.2 Å². The first kappa shape index (κ1) is 12.0. The van der Waals surface area contributed by atoms with Crippen molar-refractivity contribution in [1.82, 2.24) is 15.3 Å². The molecule has 0 radical (unpaired) electrons. The third-order valence-electron chi connectivity index (χ3n) is 2.69. The minimum absolute atomic E-state index is 0.206. The summed E-state index contributed by atoms with van der Waals surface area (Å²) < 4.78 is 0. The highest BCUT2D eigenvalue weighted by molar-refractivity contribution is 5.73. The van der Waals surface area contributed by atoms with E-state index >= 15 is 0 Å². The average molecular weight is 231 g/mol. The quantitative estimate of drug-likeness (QED) is 0.818. The van der Waals surface area contributed by atoms with Gasteiger partial charge in [0.1, 0.15) is 0 Å². The van der Waals surface area contributed by atoms with Crippen LogP contribution < -0.4 is 5.32 Å². The number of benzene rings is 1. The smallest absolute Gasteiger partial charge is 0.0890 e. The lowest BCUT2D eigenvalue weighted by Crippen LogP contribution is -2.26. The number of aliphatic hydroxyl groups excluding tert-OH is 1. The predicted octanol–water partition coefficient (Wildman–Crippen LogP) is 1.49. The van der Waals surface area contributed by atoms with E-state index < -0.39 is 0 Å². The van der Waals surface area contributed by atoms with Crippen LogP contribution >= 0.6 is 0 Å². The van der Waals surface area contributed by atoms with Crippen molar-refractivity contribution in [2.75, 3.05) is 6.61 Å². The molecule has 1 aromatic heterocycles. The molecule has 0 saturated carbocycles. The van der Waals surface area contributed by atoms with Gasteiger partial charge in [-0.25, -0.2) is 4.98 Å². The molecule has 0 aliphatic heterocycles. The summed E-state index contributed by atoms with van der Waals surface area (Å²) in [5.41, 5.74) is 2.76. The Bertz CT molecular complexity index is 487. The van der Waals surface area contributed by atoms with Gasteiger partial charge in [0.05, 0.1) is 22.9 Å². The van der Waals surface area contributed by atoms with Gasteiger partial charge in [-0.05, 0) is 25.5 Å². The molecule has 0 amide bonds. The molecule has 0 aliphatic carbocycles. The van der Waals surface area contributed by atoms with Gasteiger partial charge in [-0.3, -0.25) is 4.98 Å². The molecule has 1 unspecified atom stereocenters. The molecule has 90 valence electrons. The van der Waals surface area contributed by atoms with Crippen molar-refractivity contribution < 1.29 is 5.11 Å². The maximum absolute atomic E-state index is 8.81. The van der Waals surface area contributed by atoms with Crippen molar-refractivity contribution in [3.05, 3.63) is 36.2 Å². The zero-order valence-corrected chi connectivity index (χ0v) is 9.93. The van der Waals surface area contributed by atoms with Gasteiger partial charge in [-0.1, -0.05) is 12.1 Å². The first-order valence-electron chi connectivity index (χ1n) is 5.84. The van der Waals surface area contributed by atoms with Crippen molar-refractivity contribution in [3.8, 4) is 0 Å². The van der Waals surface area contributed by atoms with Crippen LogP contribution in [0.2, 0.25) is 0 Å². The van der Waals surface area contributed by atoms with Gasteiger partial charge in [0.15, 0.2) is 0 Å². The molecule has 2 rings (SSSR count). The van der Waals surface area contributed by atoms with Crippen molar-refractivity contribution >= 4 is 11.0 Å². The van der Waals surface area contributed by atoms with Gasteiger partial charge in [0.25, 0.3) is 0 Å². The molecule has 0 saturated heterocycles. The Morgan fingerprint density at radius 1 is 1.29 bits per heavy atom. The summed E-state index contributed by atoms with van der Waals surface area (Å²) in [6.07, 6.45) is 2.54. The van der Waals surface area contributed by atoms with Crippen LogP contribution in [-0.4, -0.2) is 27.7 Å². The Morgan fingerprint density at radius 3 is 2.82 bits per heavy atom. The molecular formula is C13H17N3O. The summed E-state index contributed by atoms with van der Waals surface area (Å²) in [7, 11) is 0. The number of aliphatic hydroxyl groups is 1. The lowest BCUT2D eigenvalue weighted by molar-refractivity contribution is 0.268. The third-order valence-corrected chi connectivity index (χ3v) is 2.69. The first-order chi connectivity index (χ1) is 8.29. The maximum Gasteiger partial charge on any atom is 0.0890 e. The Morgan fingerprint density at radius 2 is 2.06 bits per heavy atom. The number of hydrogen-bond donors (Lipinski definition) is 2. The second kappa shape index (κ2) is 5.70. The van der Waals surface area contributed by atoms with Crippen molar-refractivity contribution in [3.63, 3.8) is 0 Å². The minimum atomic E-state index is 0.206. The molecule has 4 nitrogen and oxygen atoms in total. The number of para-hydroxylation sites is 2. The second-order valence-corrected chi connectivity index (χ2v) is 4.14. The zero-order chi connectivity index (χ0) is 12.1. The monoisotopic (exact) mass is 231 g/mol. The largest absolute Gasteiger partial charge is 0.396 e. The fourth-order valence-corrected chi connectivity index (χ4v) is 1.66.